The van der Waals surface area contributed by atoms with E-state index in [0.29, 0.717) is 32.5 Å². The zero-order valence-corrected chi connectivity index (χ0v) is 29.4. The molecule has 5 aromatic rings. The Bertz CT molecular complexity index is 2230. The second kappa shape index (κ2) is 13.2. The average Bonchev–Trinajstić information content (AvgIpc) is 3.65. The molecule has 1 atom stereocenters. The van der Waals surface area contributed by atoms with E-state index < -0.39 is 23.5 Å². The first-order valence-electron chi connectivity index (χ1n) is 16.0. The van der Waals surface area contributed by atoms with Crippen molar-refractivity contribution in [2.75, 3.05) is 6.61 Å². The van der Waals surface area contributed by atoms with E-state index >= 15 is 4.39 Å². The quantitative estimate of drug-likeness (QED) is 0.171. The number of carbonyl (C=O) groups is 2. The number of allylic oxidation sites excluding steroid dienone is 5. The van der Waals surface area contributed by atoms with Crippen molar-refractivity contribution in [1.29, 1.82) is 0 Å². The number of fused-ring (bicyclic) bond motifs is 2. The molecule has 49 heavy (non-hydrogen) atoms. The molecule has 0 bridgehead atoms. The molecule has 1 N–H and O–H groups in total. The Morgan fingerprint density at radius 3 is 2.59 bits per heavy atom. The van der Waals surface area contributed by atoms with E-state index in [1.807, 2.05) is 55.2 Å². The molecule has 1 aliphatic rings. The van der Waals surface area contributed by atoms with Crippen LogP contribution >= 0.6 is 11.3 Å². The summed E-state index contributed by atoms with van der Waals surface area (Å²) < 4.78 is 30.3. The molecule has 0 amide bonds. The van der Waals surface area contributed by atoms with Crippen LogP contribution < -0.4 is 0 Å². The van der Waals surface area contributed by atoms with Crippen LogP contribution in [0.15, 0.2) is 84.0 Å². The van der Waals surface area contributed by atoms with Crippen molar-refractivity contribution in [3.63, 3.8) is 0 Å². The van der Waals surface area contributed by atoms with Gasteiger partial charge in [0, 0.05) is 35.5 Å². The van der Waals surface area contributed by atoms with Crippen LogP contribution in [0.5, 0.6) is 0 Å². The molecule has 0 radical (unpaired) electrons. The van der Waals surface area contributed by atoms with Gasteiger partial charge in [0.1, 0.15) is 5.01 Å². The standard InChI is InChI=1S/C39H38FN3O5S/c1-8-27-31(44)14-15-47-34(27)28(40)16-21(2)33-32(35(38(45)46)48-39(4,5)6)22(3)17-29-36(33)49-37(42-29)25-11-9-10-23(18-25)24-12-13-30-26(19-24)20-41-43(30)7/h8-13,16-20,35H,14-15H2,1-7H3,(H,45,46)/b21-16+,27-8+,34-28-. The number of hydrogen-bond donors (Lipinski definition) is 1. The van der Waals surface area contributed by atoms with E-state index in [-0.39, 0.29) is 30.1 Å². The van der Waals surface area contributed by atoms with Gasteiger partial charge >= 0.3 is 5.97 Å². The van der Waals surface area contributed by atoms with Gasteiger partial charge in [0.2, 0.25) is 0 Å². The molecule has 2 aromatic heterocycles. The third kappa shape index (κ3) is 6.71. The second-order valence-electron chi connectivity index (χ2n) is 13.1. The molecular formula is C39H38FN3O5S. The minimum Gasteiger partial charge on any atom is -0.489 e. The molecule has 6 rings (SSSR count). The summed E-state index contributed by atoms with van der Waals surface area (Å²) in [5.74, 6) is -2.19. The molecular weight excluding hydrogens is 642 g/mol. The fourth-order valence-electron chi connectivity index (χ4n) is 6.23. The Hall–Kier alpha value is -4.93. The topological polar surface area (TPSA) is 104 Å². The Balaban J connectivity index is 1.54. The molecule has 1 aliphatic heterocycles. The smallest absolute Gasteiger partial charge is 0.337 e. The molecule has 0 spiro atoms. The van der Waals surface area contributed by atoms with Gasteiger partial charge in [0.25, 0.3) is 0 Å². The first-order valence-corrected chi connectivity index (χ1v) is 16.9. The number of carbonyl (C=O) groups excluding carboxylic acids is 1. The van der Waals surface area contributed by atoms with Crippen LogP contribution in [0.25, 0.3) is 48.4 Å². The molecule has 1 unspecified atom stereocenters. The number of carboxylic acid groups (broad SMARTS) is 1. The van der Waals surface area contributed by atoms with Crippen molar-refractivity contribution >= 4 is 49.8 Å². The van der Waals surface area contributed by atoms with Gasteiger partial charge < -0.3 is 14.6 Å². The number of ether oxygens (including phenoxy) is 2. The van der Waals surface area contributed by atoms with Gasteiger partial charge in [0.15, 0.2) is 23.5 Å². The van der Waals surface area contributed by atoms with Crippen molar-refractivity contribution in [1.82, 2.24) is 14.8 Å². The van der Waals surface area contributed by atoms with Gasteiger partial charge in [-0.3, -0.25) is 9.48 Å². The highest BCUT2D eigenvalue weighted by molar-refractivity contribution is 7.22. The first kappa shape index (κ1) is 34.0. The highest BCUT2D eigenvalue weighted by atomic mass is 32.1. The van der Waals surface area contributed by atoms with Gasteiger partial charge in [-0.2, -0.15) is 5.10 Å². The van der Waals surface area contributed by atoms with Crippen molar-refractivity contribution in [2.24, 2.45) is 7.05 Å². The first-order chi connectivity index (χ1) is 23.3. The minimum atomic E-state index is -1.34. The zero-order valence-electron chi connectivity index (χ0n) is 28.6. The van der Waals surface area contributed by atoms with Gasteiger partial charge in [0.05, 0.1) is 39.7 Å². The number of aliphatic carboxylic acids is 1. The maximum absolute atomic E-state index is 16.0. The molecule has 0 aliphatic carbocycles. The third-order valence-corrected chi connectivity index (χ3v) is 9.58. The van der Waals surface area contributed by atoms with Crippen molar-refractivity contribution in [3.8, 4) is 21.7 Å². The number of carboxylic acids is 1. The van der Waals surface area contributed by atoms with Crippen LogP contribution in [0, 0.1) is 6.92 Å². The molecule has 8 nitrogen and oxygen atoms in total. The van der Waals surface area contributed by atoms with Gasteiger partial charge in [-0.25, -0.2) is 14.2 Å². The molecule has 1 fully saturated rings. The molecule has 3 aromatic carbocycles. The maximum atomic E-state index is 16.0. The monoisotopic (exact) mass is 679 g/mol. The van der Waals surface area contributed by atoms with Crippen LogP contribution in [0.1, 0.15) is 63.8 Å². The summed E-state index contributed by atoms with van der Waals surface area (Å²) >= 11 is 1.40. The predicted octanol–water partition coefficient (Wildman–Crippen LogP) is 9.29. The summed E-state index contributed by atoms with van der Waals surface area (Å²) in [6.45, 7) is 10.7. The lowest BCUT2D eigenvalue weighted by atomic mass is 9.91. The van der Waals surface area contributed by atoms with Crippen LogP contribution in [-0.2, 0) is 26.1 Å². The molecule has 3 heterocycles. The van der Waals surface area contributed by atoms with E-state index in [4.69, 9.17) is 14.5 Å². The zero-order chi connectivity index (χ0) is 35.2. The van der Waals surface area contributed by atoms with Crippen LogP contribution in [0.3, 0.4) is 0 Å². The highest BCUT2D eigenvalue weighted by Crippen LogP contribution is 2.43. The Morgan fingerprint density at radius 2 is 1.88 bits per heavy atom. The lowest BCUT2D eigenvalue weighted by Gasteiger charge is -2.28. The summed E-state index contributed by atoms with van der Waals surface area (Å²) in [6, 6.07) is 16.2. The average molecular weight is 680 g/mol. The number of rotatable bonds is 7. The Labute approximate surface area is 288 Å². The van der Waals surface area contributed by atoms with Crippen molar-refractivity contribution in [3.05, 3.63) is 101 Å². The number of ketones is 1. The summed E-state index contributed by atoms with van der Waals surface area (Å²) in [5, 5.41) is 16.6. The van der Waals surface area contributed by atoms with Gasteiger partial charge in [-0.15, -0.1) is 11.3 Å². The highest BCUT2D eigenvalue weighted by Gasteiger charge is 2.33. The SMILES string of the molecule is C\C=C1/C(=O)CCO/C1=C(F)/C=C(\C)c1c(C(OC(C)(C)C)C(=O)O)c(C)cc2nc(-c3cccc(-c4ccc5c(cnn5C)c4)c3)sc12. The number of halogens is 1. The lowest BCUT2D eigenvalue weighted by molar-refractivity contribution is -0.160. The van der Waals surface area contributed by atoms with E-state index in [1.54, 1.807) is 40.7 Å². The van der Waals surface area contributed by atoms with Gasteiger partial charge in [-0.05, 0) is 94.1 Å². The lowest BCUT2D eigenvalue weighted by Crippen LogP contribution is -2.28. The number of thiazole rings is 1. The predicted molar refractivity (Wildman–Crippen MR) is 192 cm³/mol. The Kier molecular flexibility index (Phi) is 9.13. The second-order valence-corrected chi connectivity index (χ2v) is 14.1. The summed E-state index contributed by atoms with van der Waals surface area (Å²) in [7, 11) is 1.91. The fourth-order valence-corrected chi connectivity index (χ4v) is 7.39. The number of Topliss-reactive ketones (excluding diaryl/α,β-unsaturated/α-hetero) is 1. The number of nitrogens with zero attached hydrogens (tertiary/aromatic N) is 3. The van der Waals surface area contributed by atoms with Crippen LogP contribution in [0.4, 0.5) is 4.39 Å². The summed E-state index contributed by atoms with van der Waals surface area (Å²) in [4.78, 5) is 30.3. The van der Waals surface area contributed by atoms with Crippen molar-refractivity contribution in [2.45, 2.75) is 59.7 Å². The normalized spacial score (nSPS) is 16.8. The van der Waals surface area contributed by atoms with Crippen LogP contribution in [-0.4, -0.2) is 43.8 Å². The number of benzene rings is 3. The molecule has 0 saturated carbocycles. The largest absolute Gasteiger partial charge is 0.489 e. The van der Waals surface area contributed by atoms with E-state index in [2.05, 4.69) is 23.3 Å². The molecule has 1 saturated heterocycles. The van der Waals surface area contributed by atoms with E-state index in [9.17, 15) is 14.7 Å². The number of aryl methyl sites for hydroxylation is 2. The maximum Gasteiger partial charge on any atom is 0.337 e. The number of hydrogen-bond acceptors (Lipinski definition) is 7. The van der Waals surface area contributed by atoms with E-state index in [0.717, 1.165) is 32.6 Å². The molecule has 10 heteroatoms. The Morgan fingerprint density at radius 1 is 1.14 bits per heavy atom. The summed E-state index contributed by atoms with van der Waals surface area (Å²) in [5.41, 5.74) is 6.06. The van der Waals surface area contributed by atoms with Crippen LogP contribution in [0.2, 0.25) is 0 Å². The number of aromatic nitrogens is 3. The third-order valence-electron chi connectivity index (χ3n) is 8.44. The van der Waals surface area contributed by atoms with Gasteiger partial charge in [-0.1, -0.05) is 30.3 Å². The fraction of sp³-hybridized carbons (Fsp3) is 0.282. The molecule has 252 valence electrons. The minimum absolute atomic E-state index is 0.0830. The summed E-state index contributed by atoms with van der Waals surface area (Å²) in [6.07, 6.45) is 3.53. The van der Waals surface area contributed by atoms with E-state index in [1.165, 1.54) is 17.4 Å². The van der Waals surface area contributed by atoms with Crippen molar-refractivity contribution < 1.29 is 28.6 Å².